The largest absolute Gasteiger partial charge is 0.369 e. The molecule has 11 heavy (non-hydrogen) atoms. The molecule has 1 rings (SSSR count). The zero-order valence-electron chi connectivity index (χ0n) is 7.13. The lowest BCUT2D eigenvalue weighted by Gasteiger charge is -2.31. The molecular formula is C8H16N2O. The monoisotopic (exact) mass is 156 g/mol. The van der Waals surface area contributed by atoms with Crippen LogP contribution in [0.4, 0.5) is 0 Å². The highest BCUT2D eigenvalue weighted by Crippen LogP contribution is 2.18. The fourth-order valence-electron chi connectivity index (χ4n) is 1.72. The van der Waals surface area contributed by atoms with Gasteiger partial charge in [-0.1, -0.05) is 0 Å². The number of hydrogen-bond acceptors (Lipinski definition) is 2. The Hall–Kier alpha value is -0.570. The molecule has 0 aromatic carbocycles. The van der Waals surface area contributed by atoms with Crippen LogP contribution in [0.25, 0.3) is 0 Å². The molecule has 1 amide bonds. The lowest BCUT2D eigenvalue weighted by Crippen LogP contribution is -2.48. The predicted octanol–water partition coefficient (Wildman–Crippen LogP) is 0.248. The van der Waals surface area contributed by atoms with Crippen LogP contribution in [-0.2, 0) is 4.79 Å². The highest BCUT2D eigenvalue weighted by Gasteiger charge is 2.28. The molecule has 0 aliphatic carbocycles. The van der Waals surface area contributed by atoms with Gasteiger partial charge in [0.05, 0.1) is 5.92 Å². The third-order valence-electron chi connectivity index (χ3n) is 2.43. The molecule has 1 fully saturated rings. The summed E-state index contributed by atoms with van der Waals surface area (Å²) in [5.74, 6) is -0.136. The number of primary amides is 1. The van der Waals surface area contributed by atoms with Gasteiger partial charge in [-0.25, -0.2) is 0 Å². The van der Waals surface area contributed by atoms with Crippen LogP contribution >= 0.6 is 0 Å². The Labute approximate surface area is 67.3 Å². The zero-order valence-corrected chi connectivity index (χ0v) is 7.13. The molecule has 0 spiro atoms. The lowest BCUT2D eigenvalue weighted by molar-refractivity contribution is -0.123. The summed E-state index contributed by atoms with van der Waals surface area (Å²) in [7, 11) is 0. The van der Waals surface area contributed by atoms with Crippen molar-refractivity contribution in [2.75, 3.05) is 0 Å². The maximum atomic E-state index is 10.9. The topological polar surface area (TPSA) is 55.1 Å². The van der Waals surface area contributed by atoms with Gasteiger partial charge in [0, 0.05) is 12.1 Å². The molecule has 0 saturated carbocycles. The fraction of sp³-hybridized carbons (Fsp3) is 0.875. The number of nitrogens with two attached hydrogens (primary N) is 1. The average Bonchev–Trinajstić information content (AvgIpc) is 1.85. The van der Waals surface area contributed by atoms with Gasteiger partial charge in [-0.2, -0.15) is 0 Å². The summed E-state index contributed by atoms with van der Waals surface area (Å²) in [5.41, 5.74) is 5.22. The zero-order chi connectivity index (χ0) is 8.43. The van der Waals surface area contributed by atoms with Crippen molar-refractivity contribution in [2.24, 2.45) is 11.7 Å². The Morgan fingerprint density at radius 3 is 2.55 bits per heavy atom. The summed E-state index contributed by atoms with van der Waals surface area (Å²) in [6, 6.07) is 0.775. The molecular weight excluding hydrogens is 140 g/mol. The highest BCUT2D eigenvalue weighted by molar-refractivity contribution is 5.77. The van der Waals surface area contributed by atoms with Crippen LogP contribution in [0.3, 0.4) is 0 Å². The van der Waals surface area contributed by atoms with Crippen molar-refractivity contribution >= 4 is 5.91 Å². The molecule has 1 aliphatic heterocycles. The minimum absolute atomic E-state index is 0.0335. The lowest BCUT2D eigenvalue weighted by atomic mass is 9.88. The molecule has 0 bridgehead atoms. The quantitative estimate of drug-likeness (QED) is 0.571. The van der Waals surface area contributed by atoms with Gasteiger partial charge in [-0.05, 0) is 26.7 Å². The molecule has 0 radical (unpaired) electrons. The van der Waals surface area contributed by atoms with E-state index in [1.54, 1.807) is 0 Å². The average molecular weight is 156 g/mol. The van der Waals surface area contributed by atoms with E-state index < -0.39 is 0 Å². The van der Waals surface area contributed by atoms with E-state index in [0.717, 1.165) is 12.8 Å². The molecule has 64 valence electrons. The molecule has 0 unspecified atom stereocenters. The second-order valence-electron chi connectivity index (χ2n) is 3.44. The van der Waals surface area contributed by atoms with E-state index in [9.17, 15) is 4.79 Å². The molecule has 3 nitrogen and oxygen atoms in total. The van der Waals surface area contributed by atoms with E-state index >= 15 is 0 Å². The molecule has 1 saturated heterocycles. The van der Waals surface area contributed by atoms with Gasteiger partial charge in [-0.15, -0.1) is 0 Å². The van der Waals surface area contributed by atoms with E-state index in [1.807, 2.05) is 6.92 Å². The first-order valence-electron chi connectivity index (χ1n) is 4.16. The van der Waals surface area contributed by atoms with Gasteiger partial charge < -0.3 is 11.1 Å². The number of nitrogens with one attached hydrogen (secondary N) is 1. The molecule has 1 aliphatic rings. The molecule has 3 N–H and O–H groups in total. The Morgan fingerprint density at radius 1 is 1.45 bits per heavy atom. The summed E-state index contributed by atoms with van der Waals surface area (Å²) in [5, 5.41) is 3.31. The van der Waals surface area contributed by atoms with Gasteiger partial charge in [0.25, 0.3) is 0 Å². The van der Waals surface area contributed by atoms with Crippen LogP contribution in [0.2, 0.25) is 0 Å². The van der Waals surface area contributed by atoms with Crippen molar-refractivity contribution in [3.8, 4) is 0 Å². The summed E-state index contributed by atoms with van der Waals surface area (Å²) in [4.78, 5) is 10.9. The van der Waals surface area contributed by atoms with Crippen LogP contribution in [-0.4, -0.2) is 18.0 Å². The van der Waals surface area contributed by atoms with Gasteiger partial charge in [0.1, 0.15) is 0 Å². The summed E-state index contributed by atoms with van der Waals surface area (Å²) >= 11 is 0. The van der Waals surface area contributed by atoms with Crippen LogP contribution in [0.1, 0.15) is 26.7 Å². The second kappa shape index (κ2) is 3.22. The molecule has 3 heteroatoms. The number of hydrogen-bond donors (Lipinski definition) is 2. The smallest absolute Gasteiger partial charge is 0.222 e. The van der Waals surface area contributed by atoms with Gasteiger partial charge >= 0.3 is 0 Å². The summed E-state index contributed by atoms with van der Waals surface area (Å²) in [6.07, 6.45) is 1.99. The van der Waals surface area contributed by atoms with E-state index in [2.05, 4.69) is 12.2 Å². The normalized spacial score (nSPS) is 38.5. The fourth-order valence-corrected chi connectivity index (χ4v) is 1.72. The Bertz CT molecular complexity index is 158. The number of rotatable bonds is 1. The van der Waals surface area contributed by atoms with Crippen molar-refractivity contribution in [3.63, 3.8) is 0 Å². The minimum atomic E-state index is -0.170. The van der Waals surface area contributed by atoms with Crippen LogP contribution in [0, 0.1) is 5.92 Å². The number of amides is 1. The molecule has 0 aromatic rings. The standard InChI is InChI=1S/C8H16N2O/c1-5-3-4-7(8(9)11)6(2)10-5/h5-7,10H,3-4H2,1-2H3,(H2,9,11)/t5-,6+,7+/m1/s1. The number of piperidine rings is 1. The van der Waals surface area contributed by atoms with Gasteiger partial charge in [0.15, 0.2) is 0 Å². The summed E-state index contributed by atoms with van der Waals surface area (Å²) in [6.45, 7) is 4.15. The third-order valence-corrected chi connectivity index (χ3v) is 2.43. The molecule has 1 heterocycles. The first-order chi connectivity index (χ1) is 5.11. The van der Waals surface area contributed by atoms with Crippen LogP contribution in [0.15, 0.2) is 0 Å². The van der Waals surface area contributed by atoms with Crippen molar-refractivity contribution in [3.05, 3.63) is 0 Å². The number of carbonyl (C=O) groups is 1. The first-order valence-corrected chi connectivity index (χ1v) is 4.16. The van der Waals surface area contributed by atoms with Crippen molar-refractivity contribution in [2.45, 2.75) is 38.8 Å². The molecule has 3 atom stereocenters. The van der Waals surface area contributed by atoms with Crippen LogP contribution < -0.4 is 11.1 Å². The van der Waals surface area contributed by atoms with Gasteiger partial charge in [-0.3, -0.25) is 4.79 Å². The van der Waals surface area contributed by atoms with Crippen LogP contribution in [0.5, 0.6) is 0 Å². The van der Waals surface area contributed by atoms with E-state index in [1.165, 1.54) is 0 Å². The molecule has 0 aromatic heterocycles. The van der Waals surface area contributed by atoms with Gasteiger partial charge in [0.2, 0.25) is 5.91 Å². The van der Waals surface area contributed by atoms with Crippen molar-refractivity contribution in [1.29, 1.82) is 0 Å². The van der Waals surface area contributed by atoms with E-state index in [-0.39, 0.29) is 17.9 Å². The summed E-state index contributed by atoms with van der Waals surface area (Å²) < 4.78 is 0. The highest BCUT2D eigenvalue weighted by atomic mass is 16.1. The Morgan fingerprint density at radius 2 is 2.09 bits per heavy atom. The van der Waals surface area contributed by atoms with E-state index in [0.29, 0.717) is 6.04 Å². The first kappa shape index (κ1) is 8.53. The second-order valence-corrected chi connectivity index (χ2v) is 3.44. The Kier molecular flexibility index (Phi) is 2.49. The van der Waals surface area contributed by atoms with Crippen molar-refractivity contribution < 1.29 is 4.79 Å². The number of carbonyl (C=O) groups excluding carboxylic acids is 1. The third kappa shape index (κ3) is 1.93. The van der Waals surface area contributed by atoms with E-state index in [4.69, 9.17) is 5.73 Å². The minimum Gasteiger partial charge on any atom is -0.369 e. The Balaban J connectivity index is 2.50. The van der Waals surface area contributed by atoms with Crippen molar-refractivity contribution in [1.82, 2.24) is 5.32 Å². The predicted molar refractivity (Wildman–Crippen MR) is 44.0 cm³/mol. The maximum absolute atomic E-state index is 10.9. The maximum Gasteiger partial charge on any atom is 0.222 e. The SMILES string of the molecule is C[C@@H]1CC[C@H](C(N)=O)[C@H](C)N1.